The van der Waals surface area contributed by atoms with E-state index in [4.69, 9.17) is 22.1 Å². The van der Waals surface area contributed by atoms with Gasteiger partial charge >= 0.3 is 0 Å². The number of hydrogen-bond donors (Lipinski definition) is 2. The number of anilines is 1. The predicted molar refractivity (Wildman–Crippen MR) is 86.0 cm³/mol. The molecular weight excluding hydrogens is 313 g/mol. The quantitative estimate of drug-likeness (QED) is 0.617. The highest BCUT2D eigenvalue weighted by Crippen LogP contribution is 2.40. The molecule has 0 aliphatic rings. The average molecular weight is 330 g/mol. The maximum Gasteiger partial charge on any atom is 0.181 e. The van der Waals surface area contributed by atoms with Gasteiger partial charge in [0, 0.05) is 14.8 Å². The fourth-order valence-corrected chi connectivity index (χ4v) is 2.69. The van der Waals surface area contributed by atoms with Gasteiger partial charge in [0.2, 0.25) is 0 Å². The van der Waals surface area contributed by atoms with Crippen LogP contribution in [0.2, 0.25) is 5.02 Å². The van der Waals surface area contributed by atoms with Gasteiger partial charge in [0.25, 0.3) is 0 Å². The molecule has 0 saturated heterocycles. The Hall–Kier alpha value is -1.59. The van der Waals surface area contributed by atoms with E-state index >= 15 is 0 Å². The Labute approximate surface area is 132 Å². The summed E-state index contributed by atoms with van der Waals surface area (Å²) in [6.45, 7) is 4.00. The monoisotopic (exact) mass is 329 g/mol. The molecule has 2 aromatic carbocycles. The normalized spacial score (nSPS) is 9.76. The molecule has 0 amide bonds. The highest BCUT2D eigenvalue weighted by Gasteiger charge is 2.11. The first kappa shape index (κ1) is 17.5. The topological polar surface area (TPSA) is 55.5 Å². The standard InChI is InChI=1S/C13H11ClFNO2S.C2H6/c1-18-11-6-8(5-10(16)13(11)17)19-12-4-7(14)2-3-9(12)15;1-2/h2-6,17H,16H2,1H3;1-2H3. The summed E-state index contributed by atoms with van der Waals surface area (Å²) >= 11 is 6.98. The molecule has 2 aromatic rings. The van der Waals surface area contributed by atoms with E-state index in [1.54, 1.807) is 12.1 Å². The lowest BCUT2D eigenvalue weighted by Crippen LogP contribution is -1.91. The summed E-state index contributed by atoms with van der Waals surface area (Å²) in [5.74, 6) is -0.261. The molecule has 3 N–H and O–H groups in total. The van der Waals surface area contributed by atoms with Gasteiger partial charge in [0.05, 0.1) is 12.8 Å². The molecular formula is C15H17ClFNO2S. The number of nitrogen functional groups attached to an aromatic ring is 1. The van der Waals surface area contributed by atoms with E-state index in [1.807, 2.05) is 13.8 Å². The van der Waals surface area contributed by atoms with Gasteiger partial charge in [-0.05, 0) is 30.3 Å². The molecule has 0 aliphatic carbocycles. The van der Waals surface area contributed by atoms with E-state index in [0.717, 1.165) is 11.8 Å². The Bertz CT molecular complexity index is 623. The highest BCUT2D eigenvalue weighted by molar-refractivity contribution is 7.99. The summed E-state index contributed by atoms with van der Waals surface area (Å²) in [5.41, 5.74) is 5.83. The van der Waals surface area contributed by atoms with E-state index < -0.39 is 0 Å². The van der Waals surface area contributed by atoms with Crippen molar-refractivity contribution in [2.75, 3.05) is 12.8 Å². The van der Waals surface area contributed by atoms with Crippen molar-refractivity contribution in [1.82, 2.24) is 0 Å². The minimum atomic E-state index is -0.375. The zero-order chi connectivity index (χ0) is 16.0. The molecule has 6 heteroatoms. The van der Waals surface area contributed by atoms with Gasteiger partial charge in [-0.2, -0.15) is 0 Å². The van der Waals surface area contributed by atoms with Crippen molar-refractivity contribution in [3.8, 4) is 11.5 Å². The third kappa shape index (κ3) is 4.44. The summed E-state index contributed by atoms with van der Waals surface area (Å²) in [6.07, 6.45) is 0. The first-order chi connectivity index (χ1) is 10.0. The van der Waals surface area contributed by atoms with Crippen LogP contribution in [-0.2, 0) is 0 Å². The Morgan fingerprint density at radius 3 is 2.52 bits per heavy atom. The van der Waals surface area contributed by atoms with Crippen LogP contribution in [0.4, 0.5) is 10.1 Å². The number of phenolic OH excluding ortho intramolecular Hbond substituents is 1. The van der Waals surface area contributed by atoms with E-state index in [-0.39, 0.29) is 23.0 Å². The van der Waals surface area contributed by atoms with E-state index in [2.05, 4.69) is 0 Å². The lowest BCUT2D eigenvalue weighted by molar-refractivity contribution is 0.373. The van der Waals surface area contributed by atoms with Crippen LogP contribution in [0.1, 0.15) is 13.8 Å². The van der Waals surface area contributed by atoms with Crippen molar-refractivity contribution in [2.45, 2.75) is 23.6 Å². The molecule has 0 unspecified atom stereocenters. The number of ether oxygens (including phenoxy) is 1. The van der Waals surface area contributed by atoms with E-state index in [9.17, 15) is 9.50 Å². The molecule has 0 radical (unpaired) electrons. The third-order valence-electron chi connectivity index (χ3n) is 2.42. The molecule has 0 bridgehead atoms. The van der Waals surface area contributed by atoms with Gasteiger partial charge < -0.3 is 15.6 Å². The SMILES string of the molecule is CC.COc1cc(Sc2cc(Cl)ccc2F)cc(N)c1O. The van der Waals surface area contributed by atoms with Crippen LogP contribution in [-0.4, -0.2) is 12.2 Å². The van der Waals surface area contributed by atoms with E-state index in [1.165, 1.54) is 25.3 Å². The molecule has 0 aromatic heterocycles. The maximum atomic E-state index is 13.6. The molecule has 0 atom stereocenters. The van der Waals surface area contributed by atoms with Crippen LogP contribution < -0.4 is 10.5 Å². The zero-order valence-electron chi connectivity index (χ0n) is 12.0. The molecule has 0 fully saturated rings. The van der Waals surface area contributed by atoms with Gasteiger partial charge in [-0.25, -0.2) is 4.39 Å². The Morgan fingerprint density at radius 1 is 1.24 bits per heavy atom. The minimum Gasteiger partial charge on any atom is -0.503 e. The van der Waals surface area contributed by atoms with Crippen LogP contribution >= 0.6 is 23.4 Å². The summed E-state index contributed by atoms with van der Waals surface area (Å²) in [4.78, 5) is 1.02. The minimum absolute atomic E-state index is 0.126. The highest BCUT2D eigenvalue weighted by atomic mass is 35.5. The van der Waals surface area contributed by atoms with Crippen molar-refractivity contribution in [3.05, 3.63) is 41.2 Å². The molecule has 0 spiro atoms. The Kier molecular flexibility index (Phi) is 6.65. The second-order valence-electron chi connectivity index (χ2n) is 3.74. The van der Waals surface area contributed by atoms with E-state index in [0.29, 0.717) is 14.8 Å². The number of phenols is 1. The fourth-order valence-electron chi connectivity index (χ4n) is 1.50. The van der Waals surface area contributed by atoms with Crippen molar-refractivity contribution in [2.24, 2.45) is 0 Å². The molecule has 2 rings (SSSR count). The van der Waals surface area contributed by atoms with Crippen molar-refractivity contribution in [1.29, 1.82) is 0 Å². The van der Waals surface area contributed by atoms with Gasteiger partial charge in [-0.15, -0.1) is 0 Å². The number of nitrogens with two attached hydrogens (primary N) is 1. The summed E-state index contributed by atoms with van der Waals surface area (Å²) in [5, 5.41) is 10.1. The number of benzene rings is 2. The van der Waals surface area contributed by atoms with Crippen LogP contribution in [0.5, 0.6) is 11.5 Å². The number of halogens is 2. The number of methoxy groups -OCH3 is 1. The second-order valence-corrected chi connectivity index (χ2v) is 5.29. The van der Waals surface area contributed by atoms with Crippen LogP contribution in [0.25, 0.3) is 0 Å². The summed E-state index contributed by atoms with van der Waals surface area (Å²) in [6, 6.07) is 7.43. The molecule has 0 heterocycles. The van der Waals surface area contributed by atoms with Crippen molar-refractivity contribution in [3.63, 3.8) is 0 Å². The molecule has 0 saturated carbocycles. The van der Waals surface area contributed by atoms with Gasteiger partial charge in [0.15, 0.2) is 11.5 Å². The van der Waals surface area contributed by atoms with Crippen molar-refractivity contribution >= 4 is 29.1 Å². The predicted octanol–water partition coefficient (Wildman–Crippen LogP) is 4.95. The smallest absolute Gasteiger partial charge is 0.181 e. The summed E-state index contributed by atoms with van der Waals surface area (Å²) in [7, 11) is 1.42. The lowest BCUT2D eigenvalue weighted by Gasteiger charge is -2.09. The van der Waals surface area contributed by atoms with Crippen LogP contribution in [0.3, 0.4) is 0 Å². The maximum absolute atomic E-state index is 13.6. The fraction of sp³-hybridized carbons (Fsp3) is 0.200. The zero-order valence-corrected chi connectivity index (χ0v) is 13.6. The van der Waals surface area contributed by atoms with Crippen LogP contribution in [0.15, 0.2) is 40.1 Å². The average Bonchev–Trinajstić information content (AvgIpc) is 2.48. The Morgan fingerprint density at radius 2 is 1.90 bits per heavy atom. The number of aromatic hydroxyl groups is 1. The van der Waals surface area contributed by atoms with Crippen LogP contribution in [0, 0.1) is 5.82 Å². The Balaban J connectivity index is 0.00000106. The molecule has 114 valence electrons. The molecule has 0 aliphatic heterocycles. The largest absolute Gasteiger partial charge is 0.503 e. The second kappa shape index (κ2) is 8.00. The molecule has 3 nitrogen and oxygen atoms in total. The number of rotatable bonds is 3. The first-order valence-corrected chi connectivity index (χ1v) is 7.50. The van der Waals surface area contributed by atoms with Gasteiger partial charge in [-0.1, -0.05) is 37.2 Å². The van der Waals surface area contributed by atoms with Gasteiger partial charge in [0.1, 0.15) is 5.82 Å². The summed E-state index contributed by atoms with van der Waals surface area (Å²) < 4.78 is 18.6. The molecule has 21 heavy (non-hydrogen) atoms. The third-order valence-corrected chi connectivity index (χ3v) is 3.66. The van der Waals surface area contributed by atoms with Gasteiger partial charge in [-0.3, -0.25) is 0 Å². The van der Waals surface area contributed by atoms with Crippen molar-refractivity contribution < 1.29 is 14.2 Å². The lowest BCUT2D eigenvalue weighted by atomic mass is 10.3. The number of hydrogen-bond acceptors (Lipinski definition) is 4. The first-order valence-electron chi connectivity index (χ1n) is 6.30.